The summed E-state index contributed by atoms with van der Waals surface area (Å²) in [5.74, 6) is 0.347. The Morgan fingerprint density at radius 2 is 1.81 bits per heavy atom. The first-order chi connectivity index (χ1) is 15.1. The van der Waals surface area contributed by atoms with E-state index in [0.29, 0.717) is 43.1 Å². The van der Waals surface area contributed by atoms with Crippen molar-refractivity contribution < 1.29 is 42.0 Å². The lowest BCUT2D eigenvalue weighted by molar-refractivity contribution is -0.155. The second-order valence-corrected chi connectivity index (χ2v) is 7.86. The van der Waals surface area contributed by atoms with Gasteiger partial charge in [0.25, 0.3) is 0 Å². The van der Waals surface area contributed by atoms with E-state index in [9.17, 15) is 23.1 Å². The number of benzene rings is 2. The Balaban J connectivity index is 1.45. The van der Waals surface area contributed by atoms with Gasteiger partial charge in [0.15, 0.2) is 6.61 Å². The van der Waals surface area contributed by atoms with Crippen molar-refractivity contribution in [2.45, 2.75) is 38.0 Å². The largest absolute Gasteiger partial charge is 0.493 e. The van der Waals surface area contributed by atoms with Crippen molar-refractivity contribution in [3.63, 3.8) is 0 Å². The molecule has 32 heavy (non-hydrogen) atoms. The molecule has 6 nitrogen and oxygen atoms in total. The van der Waals surface area contributed by atoms with Gasteiger partial charge in [0.05, 0.1) is 18.2 Å². The molecule has 0 saturated heterocycles. The number of carboxylic acid groups (broad SMARTS) is 1. The molecule has 0 bridgehead atoms. The molecule has 174 valence electrons. The zero-order valence-electron chi connectivity index (χ0n) is 17.2. The molecule has 1 atom stereocenters. The molecule has 0 fully saturated rings. The molecule has 1 aliphatic heterocycles. The van der Waals surface area contributed by atoms with E-state index < -0.39 is 24.4 Å². The first-order valence-electron chi connectivity index (χ1n) is 9.86. The van der Waals surface area contributed by atoms with E-state index in [1.165, 1.54) is 18.2 Å². The van der Waals surface area contributed by atoms with E-state index in [0.717, 1.165) is 5.56 Å². The second-order valence-electron chi connectivity index (χ2n) is 7.45. The molecule has 2 aromatic carbocycles. The predicted molar refractivity (Wildman–Crippen MR) is 110 cm³/mol. The summed E-state index contributed by atoms with van der Waals surface area (Å²) in [4.78, 5) is 11.4. The summed E-state index contributed by atoms with van der Waals surface area (Å²) in [5, 5.41) is 9.49. The highest BCUT2D eigenvalue weighted by molar-refractivity contribution is 6.32. The normalized spacial score (nSPS) is 17.8. The monoisotopic (exact) mass is 474 g/mol. The van der Waals surface area contributed by atoms with Gasteiger partial charge in [0.2, 0.25) is 5.60 Å². The number of aryl methyl sites for hydroxylation is 1. The van der Waals surface area contributed by atoms with Crippen molar-refractivity contribution in [1.82, 2.24) is 0 Å². The van der Waals surface area contributed by atoms with Gasteiger partial charge in [-0.3, -0.25) is 0 Å². The van der Waals surface area contributed by atoms with E-state index >= 15 is 0 Å². The number of rotatable bonds is 9. The number of hydrogen-bond acceptors (Lipinski definition) is 5. The Bertz CT molecular complexity index is 965. The predicted octanol–water partition coefficient (Wildman–Crippen LogP) is 5.30. The van der Waals surface area contributed by atoms with Crippen LogP contribution in [0.25, 0.3) is 0 Å². The van der Waals surface area contributed by atoms with Crippen LogP contribution in [-0.4, -0.2) is 42.7 Å². The standard InChI is InChI=1S/C22H22ClF3O6/c1-21(20(27)28)8-7-14-3-4-16(12-19(14)32-21)29-9-2-10-30-18-6-5-15(11-17(18)23)31-13-22(24,25)26/h3-6,11-12H,2,7-10,13H2,1H3,(H,27,28)/t21-/m1/s1. The Kier molecular flexibility index (Phi) is 7.28. The van der Waals surface area contributed by atoms with Crippen LogP contribution in [0, 0.1) is 0 Å². The quantitative estimate of drug-likeness (QED) is 0.497. The highest BCUT2D eigenvalue weighted by Gasteiger charge is 2.39. The van der Waals surface area contributed by atoms with Crippen LogP contribution >= 0.6 is 11.6 Å². The van der Waals surface area contributed by atoms with E-state index in [2.05, 4.69) is 4.74 Å². The van der Waals surface area contributed by atoms with Gasteiger partial charge in [-0.25, -0.2) is 4.79 Å². The number of carbonyl (C=O) groups is 1. The van der Waals surface area contributed by atoms with Crippen LogP contribution in [0.2, 0.25) is 5.02 Å². The zero-order chi connectivity index (χ0) is 23.4. The van der Waals surface area contributed by atoms with Crippen LogP contribution in [0.3, 0.4) is 0 Å². The number of ether oxygens (including phenoxy) is 4. The van der Waals surface area contributed by atoms with Gasteiger partial charge in [-0.15, -0.1) is 0 Å². The molecular weight excluding hydrogens is 453 g/mol. The van der Waals surface area contributed by atoms with Gasteiger partial charge < -0.3 is 24.1 Å². The summed E-state index contributed by atoms with van der Waals surface area (Å²) >= 11 is 6.03. The van der Waals surface area contributed by atoms with Gasteiger partial charge in [-0.1, -0.05) is 17.7 Å². The molecule has 3 rings (SSSR count). The summed E-state index contributed by atoms with van der Waals surface area (Å²) < 4.78 is 58.2. The minimum absolute atomic E-state index is 0.00312. The van der Waals surface area contributed by atoms with Crippen molar-refractivity contribution in [1.29, 1.82) is 0 Å². The third-order valence-electron chi connectivity index (χ3n) is 4.82. The maximum atomic E-state index is 12.2. The number of carboxylic acids is 1. The fourth-order valence-corrected chi connectivity index (χ4v) is 3.25. The van der Waals surface area contributed by atoms with Gasteiger partial charge in [-0.2, -0.15) is 13.2 Å². The fourth-order valence-electron chi connectivity index (χ4n) is 3.03. The van der Waals surface area contributed by atoms with Gasteiger partial charge in [0.1, 0.15) is 23.0 Å². The lowest BCUT2D eigenvalue weighted by Gasteiger charge is -2.32. The molecule has 1 heterocycles. The van der Waals surface area contributed by atoms with E-state index in [4.69, 9.17) is 25.8 Å². The molecule has 1 aliphatic rings. The second kappa shape index (κ2) is 9.77. The first-order valence-corrected chi connectivity index (χ1v) is 10.2. The molecule has 10 heteroatoms. The molecule has 0 aliphatic carbocycles. The Morgan fingerprint density at radius 1 is 1.12 bits per heavy atom. The highest BCUT2D eigenvalue weighted by Crippen LogP contribution is 2.36. The molecule has 0 aromatic heterocycles. The third kappa shape index (κ3) is 6.35. The van der Waals surface area contributed by atoms with Crippen LogP contribution < -0.4 is 18.9 Å². The van der Waals surface area contributed by atoms with E-state index in [1.807, 2.05) is 6.07 Å². The molecule has 0 spiro atoms. The summed E-state index contributed by atoms with van der Waals surface area (Å²) in [5.41, 5.74) is -0.330. The molecule has 0 amide bonds. The fraction of sp³-hybridized carbons (Fsp3) is 0.409. The molecule has 0 saturated carbocycles. The van der Waals surface area contributed by atoms with Gasteiger partial charge >= 0.3 is 12.1 Å². The average Bonchev–Trinajstić information content (AvgIpc) is 2.72. The number of hydrogen-bond donors (Lipinski definition) is 1. The van der Waals surface area contributed by atoms with E-state index in [-0.39, 0.29) is 17.4 Å². The number of halogens is 4. The Morgan fingerprint density at radius 3 is 2.50 bits per heavy atom. The number of alkyl halides is 3. The maximum absolute atomic E-state index is 12.2. The number of fused-ring (bicyclic) bond motifs is 1. The lowest BCUT2D eigenvalue weighted by atomic mass is 9.93. The van der Waals surface area contributed by atoms with Gasteiger partial charge in [-0.05, 0) is 37.1 Å². The topological polar surface area (TPSA) is 74.2 Å². The van der Waals surface area contributed by atoms with Crippen molar-refractivity contribution in [2.24, 2.45) is 0 Å². The molecular formula is C22H22ClF3O6. The Labute approximate surface area is 187 Å². The molecule has 1 N–H and O–H groups in total. The van der Waals surface area contributed by atoms with Crippen LogP contribution in [0.5, 0.6) is 23.0 Å². The van der Waals surface area contributed by atoms with Crippen molar-refractivity contribution in [2.75, 3.05) is 19.8 Å². The van der Waals surface area contributed by atoms with Crippen molar-refractivity contribution in [3.05, 3.63) is 47.0 Å². The summed E-state index contributed by atoms with van der Waals surface area (Å²) in [6, 6.07) is 9.37. The smallest absolute Gasteiger partial charge is 0.422 e. The van der Waals surface area contributed by atoms with Gasteiger partial charge in [0, 0.05) is 25.0 Å². The van der Waals surface area contributed by atoms with Crippen LogP contribution in [0.15, 0.2) is 36.4 Å². The third-order valence-corrected chi connectivity index (χ3v) is 5.11. The summed E-state index contributed by atoms with van der Waals surface area (Å²) in [7, 11) is 0. The van der Waals surface area contributed by atoms with E-state index in [1.54, 1.807) is 19.1 Å². The molecule has 0 radical (unpaired) electrons. The molecule has 2 aromatic rings. The average molecular weight is 475 g/mol. The number of aliphatic carboxylic acids is 1. The summed E-state index contributed by atoms with van der Waals surface area (Å²) in [6.07, 6.45) is -2.92. The maximum Gasteiger partial charge on any atom is 0.422 e. The van der Waals surface area contributed by atoms with Crippen molar-refractivity contribution in [3.8, 4) is 23.0 Å². The van der Waals surface area contributed by atoms with Crippen molar-refractivity contribution >= 4 is 17.6 Å². The Hall–Kier alpha value is -2.81. The van der Waals surface area contributed by atoms with Crippen LogP contribution in [-0.2, 0) is 11.2 Å². The SMILES string of the molecule is C[C@]1(C(=O)O)CCc2ccc(OCCCOc3ccc(OCC(F)(F)F)cc3Cl)cc2O1. The first kappa shape index (κ1) is 23.8. The molecule has 0 unspecified atom stereocenters. The van der Waals surface area contributed by atoms with Crippen LogP contribution in [0.1, 0.15) is 25.3 Å². The minimum atomic E-state index is -4.43. The minimum Gasteiger partial charge on any atom is -0.493 e. The highest BCUT2D eigenvalue weighted by atomic mass is 35.5. The zero-order valence-corrected chi connectivity index (χ0v) is 18.0. The summed E-state index contributed by atoms with van der Waals surface area (Å²) in [6.45, 7) is 0.730. The van der Waals surface area contributed by atoms with Crippen LogP contribution in [0.4, 0.5) is 13.2 Å². The lowest BCUT2D eigenvalue weighted by Crippen LogP contribution is -2.44.